The van der Waals surface area contributed by atoms with Crippen molar-refractivity contribution in [3.63, 3.8) is 0 Å². The SMILES string of the molecule is C=CCN1C(=O)CCCC12CCCN(C(=O)c1cncc(C)c1)C2. The van der Waals surface area contributed by atoms with Gasteiger partial charge in [-0.1, -0.05) is 6.08 Å². The Morgan fingerprint density at radius 3 is 2.92 bits per heavy atom. The van der Waals surface area contributed by atoms with Gasteiger partial charge in [0.1, 0.15) is 0 Å². The van der Waals surface area contributed by atoms with Crippen molar-refractivity contribution >= 4 is 11.8 Å². The van der Waals surface area contributed by atoms with Gasteiger partial charge in [-0.2, -0.15) is 0 Å². The standard InChI is InChI=1S/C19H25N3O2/c1-3-9-22-17(23)6-4-7-19(22)8-5-10-21(14-19)18(24)16-11-15(2)12-20-13-16/h3,11-13H,1,4-10,14H2,2H3. The Kier molecular flexibility index (Phi) is 4.69. The van der Waals surface area contributed by atoms with Gasteiger partial charge in [-0.15, -0.1) is 6.58 Å². The van der Waals surface area contributed by atoms with Crippen LogP contribution in [-0.4, -0.2) is 51.8 Å². The topological polar surface area (TPSA) is 53.5 Å². The molecule has 1 unspecified atom stereocenters. The Morgan fingerprint density at radius 1 is 1.38 bits per heavy atom. The number of aryl methyl sites for hydroxylation is 1. The molecule has 1 aromatic heterocycles. The van der Waals surface area contributed by atoms with Crippen molar-refractivity contribution in [3.8, 4) is 0 Å². The minimum absolute atomic E-state index is 0.0156. The molecule has 0 aliphatic carbocycles. The zero-order valence-corrected chi connectivity index (χ0v) is 14.3. The van der Waals surface area contributed by atoms with Crippen LogP contribution < -0.4 is 0 Å². The first-order valence-corrected chi connectivity index (χ1v) is 8.68. The second-order valence-electron chi connectivity index (χ2n) is 6.95. The van der Waals surface area contributed by atoms with Crippen LogP contribution in [-0.2, 0) is 4.79 Å². The molecular formula is C19H25N3O2. The van der Waals surface area contributed by atoms with E-state index in [2.05, 4.69) is 11.6 Å². The average Bonchev–Trinajstić information content (AvgIpc) is 2.58. The summed E-state index contributed by atoms with van der Waals surface area (Å²) in [6.45, 7) is 7.65. The summed E-state index contributed by atoms with van der Waals surface area (Å²) in [5.74, 6) is 0.203. The van der Waals surface area contributed by atoms with Crippen molar-refractivity contribution in [2.45, 2.75) is 44.6 Å². The zero-order chi connectivity index (χ0) is 17.2. The third-order valence-corrected chi connectivity index (χ3v) is 5.18. The van der Waals surface area contributed by atoms with Crippen LogP contribution in [0.5, 0.6) is 0 Å². The monoisotopic (exact) mass is 327 g/mol. The third-order valence-electron chi connectivity index (χ3n) is 5.18. The number of piperidine rings is 2. The molecule has 0 aromatic carbocycles. The van der Waals surface area contributed by atoms with Gasteiger partial charge in [0.2, 0.25) is 5.91 Å². The molecule has 0 bridgehead atoms. The largest absolute Gasteiger partial charge is 0.336 e. The van der Waals surface area contributed by atoms with Gasteiger partial charge in [0.25, 0.3) is 5.91 Å². The molecule has 2 amide bonds. The molecule has 1 spiro atoms. The van der Waals surface area contributed by atoms with Gasteiger partial charge in [0, 0.05) is 38.4 Å². The number of hydrogen-bond acceptors (Lipinski definition) is 3. The van der Waals surface area contributed by atoms with Crippen molar-refractivity contribution in [3.05, 3.63) is 42.2 Å². The quantitative estimate of drug-likeness (QED) is 0.802. The number of amides is 2. The molecule has 2 aliphatic heterocycles. The predicted octanol–water partition coefficient (Wildman–Crippen LogP) is 2.56. The molecule has 128 valence electrons. The fraction of sp³-hybridized carbons (Fsp3) is 0.526. The lowest BCUT2D eigenvalue weighted by atomic mass is 9.79. The fourth-order valence-electron chi connectivity index (χ4n) is 4.09. The van der Waals surface area contributed by atoms with E-state index in [1.807, 2.05) is 22.8 Å². The first-order chi connectivity index (χ1) is 11.6. The van der Waals surface area contributed by atoms with Crippen LogP contribution in [0, 0.1) is 6.92 Å². The maximum absolute atomic E-state index is 12.9. The average molecular weight is 327 g/mol. The highest BCUT2D eigenvalue weighted by molar-refractivity contribution is 5.94. The fourth-order valence-corrected chi connectivity index (χ4v) is 4.09. The number of nitrogens with zero attached hydrogens (tertiary/aromatic N) is 3. The zero-order valence-electron chi connectivity index (χ0n) is 14.3. The maximum Gasteiger partial charge on any atom is 0.255 e. The Bertz CT molecular complexity index is 654. The van der Waals surface area contributed by atoms with Crippen LogP contribution in [0.15, 0.2) is 31.1 Å². The van der Waals surface area contributed by atoms with E-state index in [4.69, 9.17) is 0 Å². The summed E-state index contributed by atoms with van der Waals surface area (Å²) in [5, 5.41) is 0. The van der Waals surface area contributed by atoms with Crippen LogP contribution >= 0.6 is 0 Å². The molecule has 5 nitrogen and oxygen atoms in total. The van der Waals surface area contributed by atoms with Crippen molar-refractivity contribution < 1.29 is 9.59 Å². The van der Waals surface area contributed by atoms with E-state index in [1.54, 1.807) is 18.5 Å². The number of carbonyl (C=O) groups excluding carboxylic acids is 2. The Labute approximate surface area is 143 Å². The van der Waals surface area contributed by atoms with Crippen molar-refractivity contribution in [2.24, 2.45) is 0 Å². The van der Waals surface area contributed by atoms with Crippen molar-refractivity contribution in [1.82, 2.24) is 14.8 Å². The Morgan fingerprint density at radius 2 is 2.17 bits per heavy atom. The van der Waals surface area contributed by atoms with E-state index < -0.39 is 0 Å². The molecule has 1 aromatic rings. The van der Waals surface area contributed by atoms with E-state index >= 15 is 0 Å². The van der Waals surface area contributed by atoms with Crippen LogP contribution in [0.2, 0.25) is 0 Å². The maximum atomic E-state index is 12.9. The summed E-state index contributed by atoms with van der Waals surface area (Å²) in [5.41, 5.74) is 1.38. The number of aromatic nitrogens is 1. The van der Waals surface area contributed by atoms with Gasteiger partial charge in [-0.25, -0.2) is 0 Å². The molecule has 3 heterocycles. The molecule has 0 saturated carbocycles. The molecule has 0 radical (unpaired) electrons. The lowest BCUT2D eigenvalue weighted by Crippen LogP contribution is -2.63. The molecule has 1 atom stereocenters. The summed E-state index contributed by atoms with van der Waals surface area (Å²) < 4.78 is 0. The smallest absolute Gasteiger partial charge is 0.255 e. The normalized spacial score (nSPS) is 24.3. The van der Waals surface area contributed by atoms with Crippen LogP contribution in [0.3, 0.4) is 0 Å². The first-order valence-electron chi connectivity index (χ1n) is 8.68. The molecule has 3 rings (SSSR count). The third kappa shape index (κ3) is 3.07. The van der Waals surface area contributed by atoms with Gasteiger partial charge in [0.05, 0.1) is 11.1 Å². The van der Waals surface area contributed by atoms with E-state index in [9.17, 15) is 9.59 Å². The minimum Gasteiger partial charge on any atom is -0.336 e. The molecule has 2 fully saturated rings. The van der Waals surface area contributed by atoms with Crippen LogP contribution in [0.25, 0.3) is 0 Å². The van der Waals surface area contributed by atoms with Gasteiger partial charge in [-0.05, 0) is 44.2 Å². The molecule has 5 heteroatoms. The van der Waals surface area contributed by atoms with Crippen molar-refractivity contribution in [2.75, 3.05) is 19.6 Å². The van der Waals surface area contributed by atoms with E-state index in [1.165, 1.54) is 0 Å². The summed E-state index contributed by atoms with van der Waals surface area (Å²) >= 11 is 0. The molecular weight excluding hydrogens is 302 g/mol. The van der Waals surface area contributed by atoms with E-state index in [0.717, 1.165) is 37.8 Å². The molecule has 2 saturated heterocycles. The van der Waals surface area contributed by atoms with Gasteiger partial charge >= 0.3 is 0 Å². The summed E-state index contributed by atoms with van der Waals surface area (Å²) in [6.07, 6.45) is 9.52. The lowest BCUT2D eigenvalue weighted by molar-refractivity contribution is -0.143. The molecule has 24 heavy (non-hydrogen) atoms. The van der Waals surface area contributed by atoms with Crippen LogP contribution in [0.1, 0.15) is 48.0 Å². The van der Waals surface area contributed by atoms with Crippen molar-refractivity contribution in [1.29, 1.82) is 0 Å². The number of likely N-dealkylation sites (tertiary alicyclic amines) is 2. The summed E-state index contributed by atoms with van der Waals surface area (Å²) in [6, 6.07) is 1.88. The molecule has 2 aliphatic rings. The Hall–Kier alpha value is -2.17. The first kappa shape index (κ1) is 16.7. The highest BCUT2D eigenvalue weighted by atomic mass is 16.2. The number of rotatable bonds is 3. The van der Waals surface area contributed by atoms with Gasteiger partial charge in [-0.3, -0.25) is 14.6 Å². The minimum atomic E-state index is -0.227. The second kappa shape index (κ2) is 6.75. The predicted molar refractivity (Wildman–Crippen MR) is 92.6 cm³/mol. The summed E-state index contributed by atoms with van der Waals surface area (Å²) in [7, 11) is 0. The Balaban J connectivity index is 1.83. The van der Waals surface area contributed by atoms with E-state index in [-0.39, 0.29) is 17.4 Å². The molecule has 0 N–H and O–H groups in total. The summed E-state index contributed by atoms with van der Waals surface area (Å²) in [4.78, 5) is 33.3. The van der Waals surface area contributed by atoms with Gasteiger partial charge < -0.3 is 9.80 Å². The number of hydrogen-bond donors (Lipinski definition) is 0. The number of carbonyl (C=O) groups is 2. The number of pyridine rings is 1. The highest BCUT2D eigenvalue weighted by Crippen LogP contribution is 2.37. The van der Waals surface area contributed by atoms with Crippen LogP contribution in [0.4, 0.5) is 0 Å². The highest BCUT2D eigenvalue weighted by Gasteiger charge is 2.45. The van der Waals surface area contributed by atoms with E-state index in [0.29, 0.717) is 25.1 Å². The second-order valence-corrected chi connectivity index (χ2v) is 6.95. The van der Waals surface area contributed by atoms with Gasteiger partial charge in [0.15, 0.2) is 0 Å². The lowest BCUT2D eigenvalue weighted by Gasteiger charge is -2.51.